The van der Waals surface area contributed by atoms with Crippen LogP contribution in [-0.2, 0) is 6.54 Å². The third-order valence-electron chi connectivity index (χ3n) is 3.03. The summed E-state index contributed by atoms with van der Waals surface area (Å²) in [5, 5.41) is 8.18. The van der Waals surface area contributed by atoms with E-state index in [-0.39, 0.29) is 0 Å². The Labute approximate surface area is 109 Å². The molecule has 0 radical (unpaired) electrons. The normalized spacial score (nSPS) is 11.5. The van der Waals surface area contributed by atoms with Gasteiger partial charge in [0.2, 0.25) is 0 Å². The molecule has 0 aliphatic rings. The molecule has 0 saturated carbocycles. The van der Waals surface area contributed by atoms with Gasteiger partial charge < -0.3 is 15.6 Å². The molecule has 3 nitrogen and oxygen atoms in total. The summed E-state index contributed by atoms with van der Waals surface area (Å²) in [4.78, 5) is 3.25. The van der Waals surface area contributed by atoms with Crippen molar-refractivity contribution in [2.45, 2.75) is 32.9 Å². The van der Waals surface area contributed by atoms with Crippen molar-refractivity contribution in [2.24, 2.45) is 0 Å². The van der Waals surface area contributed by atoms with Crippen LogP contribution in [0.25, 0.3) is 10.9 Å². The lowest BCUT2D eigenvalue weighted by Crippen LogP contribution is -2.26. The molecule has 1 aromatic carbocycles. The molecule has 0 spiro atoms. The molecule has 1 heterocycles. The summed E-state index contributed by atoms with van der Waals surface area (Å²) < 4.78 is 0. The fourth-order valence-electron chi connectivity index (χ4n) is 2.04. The highest BCUT2D eigenvalue weighted by Crippen LogP contribution is 2.13. The maximum Gasteiger partial charge on any atom is 0.0457 e. The van der Waals surface area contributed by atoms with Crippen molar-refractivity contribution < 1.29 is 0 Å². The first-order valence-electron chi connectivity index (χ1n) is 6.76. The molecule has 0 aliphatic carbocycles. The summed E-state index contributed by atoms with van der Waals surface area (Å²) >= 11 is 0. The molecule has 1 aromatic heterocycles. The van der Waals surface area contributed by atoms with Crippen molar-refractivity contribution in [3.8, 4) is 0 Å². The number of rotatable bonds is 7. The average molecular weight is 245 g/mol. The first-order valence-corrected chi connectivity index (χ1v) is 6.76. The minimum atomic E-state index is 0.584. The molecule has 0 amide bonds. The highest BCUT2D eigenvalue weighted by Gasteiger charge is 1.97. The molecule has 0 aliphatic heterocycles. The number of aromatic amines is 1. The molecule has 3 heteroatoms. The second-order valence-electron chi connectivity index (χ2n) is 5.04. The van der Waals surface area contributed by atoms with E-state index in [4.69, 9.17) is 0 Å². The van der Waals surface area contributed by atoms with E-state index in [1.807, 2.05) is 6.20 Å². The molecule has 0 bridgehead atoms. The molecule has 2 rings (SSSR count). The quantitative estimate of drug-likeness (QED) is 0.656. The van der Waals surface area contributed by atoms with Crippen molar-refractivity contribution in [2.75, 3.05) is 13.1 Å². The first kappa shape index (κ1) is 13.1. The van der Waals surface area contributed by atoms with Crippen molar-refractivity contribution in [3.63, 3.8) is 0 Å². The second kappa shape index (κ2) is 6.57. The topological polar surface area (TPSA) is 39.8 Å². The molecule has 98 valence electrons. The molecular weight excluding hydrogens is 222 g/mol. The molecule has 18 heavy (non-hydrogen) atoms. The minimum Gasteiger partial charge on any atom is -0.361 e. The van der Waals surface area contributed by atoms with E-state index in [1.54, 1.807) is 0 Å². The smallest absolute Gasteiger partial charge is 0.0457 e. The Hall–Kier alpha value is -1.32. The maximum atomic E-state index is 3.48. The summed E-state index contributed by atoms with van der Waals surface area (Å²) in [6, 6.07) is 9.26. The van der Waals surface area contributed by atoms with Gasteiger partial charge in [0.05, 0.1) is 0 Å². The highest BCUT2D eigenvalue weighted by atomic mass is 14.9. The number of aromatic nitrogens is 1. The van der Waals surface area contributed by atoms with E-state index in [1.165, 1.54) is 22.9 Å². The van der Waals surface area contributed by atoms with Crippen LogP contribution in [0.3, 0.4) is 0 Å². The Bertz CT molecular complexity index is 473. The zero-order valence-electron chi connectivity index (χ0n) is 11.3. The van der Waals surface area contributed by atoms with E-state index in [2.05, 4.69) is 53.7 Å². The van der Waals surface area contributed by atoms with Crippen LogP contribution in [0, 0.1) is 0 Å². The minimum absolute atomic E-state index is 0.584. The van der Waals surface area contributed by atoms with Crippen LogP contribution in [0.1, 0.15) is 25.8 Å². The summed E-state index contributed by atoms with van der Waals surface area (Å²) in [5.41, 5.74) is 2.55. The van der Waals surface area contributed by atoms with E-state index >= 15 is 0 Å². The molecule has 3 N–H and O–H groups in total. The van der Waals surface area contributed by atoms with Crippen molar-refractivity contribution in [1.29, 1.82) is 0 Å². The fraction of sp³-hybridized carbons (Fsp3) is 0.467. The number of hydrogen-bond acceptors (Lipinski definition) is 2. The summed E-state index contributed by atoms with van der Waals surface area (Å²) in [5.74, 6) is 0. The monoisotopic (exact) mass is 245 g/mol. The Morgan fingerprint density at radius 1 is 1.17 bits per heavy atom. The highest BCUT2D eigenvalue weighted by molar-refractivity contribution is 5.79. The lowest BCUT2D eigenvalue weighted by molar-refractivity contribution is 0.547. The second-order valence-corrected chi connectivity index (χ2v) is 5.04. The Kier molecular flexibility index (Phi) is 4.79. The third kappa shape index (κ3) is 3.86. The summed E-state index contributed by atoms with van der Waals surface area (Å²) in [6.07, 6.45) is 3.16. The molecule has 0 fully saturated rings. The summed E-state index contributed by atoms with van der Waals surface area (Å²) in [6.45, 7) is 7.44. The Balaban J connectivity index is 1.70. The predicted molar refractivity (Wildman–Crippen MR) is 77.8 cm³/mol. The van der Waals surface area contributed by atoms with Crippen LogP contribution >= 0.6 is 0 Å². The molecule has 2 aromatic rings. The van der Waals surface area contributed by atoms with Gasteiger partial charge in [0.25, 0.3) is 0 Å². The van der Waals surface area contributed by atoms with Gasteiger partial charge in [-0.05, 0) is 42.6 Å². The van der Waals surface area contributed by atoms with Crippen LogP contribution in [0.4, 0.5) is 0 Å². The standard InChI is InChI=1S/C15H23N3/c1-12(2)17-8-3-7-16-11-13-4-5-14-6-9-18-15(14)10-13/h4-6,9-10,12,16-18H,3,7-8,11H2,1-2H3. The lowest BCUT2D eigenvalue weighted by Gasteiger charge is -2.08. The van der Waals surface area contributed by atoms with Crippen LogP contribution in [0.15, 0.2) is 30.5 Å². The molecule has 0 unspecified atom stereocenters. The van der Waals surface area contributed by atoms with E-state index in [0.717, 1.165) is 19.6 Å². The third-order valence-corrected chi connectivity index (χ3v) is 3.03. The van der Waals surface area contributed by atoms with E-state index in [9.17, 15) is 0 Å². The van der Waals surface area contributed by atoms with Gasteiger partial charge in [-0.3, -0.25) is 0 Å². The van der Waals surface area contributed by atoms with Gasteiger partial charge >= 0.3 is 0 Å². The van der Waals surface area contributed by atoms with Crippen LogP contribution in [-0.4, -0.2) is 24.1 Å². The van der Waals surface area contributed by atoms with Gasteiger partial charge in [0, 0.05) is 24.3 Å². The van der Waals surface area contributed by atoms with Crippen molar-refractivity contribution in [1.82, 2.24) is 15.6 Å². The van der Waals surface area contributed by atoms with Crippen molar-refractivity contribution in [3.05, 3.63) is 36.0 Å². The van der Waals surface area contributed by atoms with E-state index < -0.39 is 0 Å². The molecule has 0 saturated heterocycles. The molecule has 0 atom stereocenters. The fourth-order valence-corrected chi connectivity index (χ4v) is 2.04. The zero-order valence-corrected chi connectivity index (χ0v) is 11.3. The first-order chi connectivity index (χ1) is 8.75. The lowest BCUT2D eigenvalue weighted by atomic mass is 10.1. The van der Waals surface area contributed by atoms with Crippen LogP contribution in [0.2, 0.25) is 0 Å². The van der Waals surface area contributed by atoms with Gasteiger partial charge in [-0.15, -0.1) is 0 Å². The predicted octanol–water partition coefficient (Wildman–Crippen LogP) is 2.65. The van der Waals surface area contributed by atoms with Gasteiger partial charge in [-0.2, -0.15) is 0 Å². The van der Waals surface area contributed by atoms with Gasteiger partial charge in [-0.1, -0.05) is 26.0 Å². The SMILES string of the molecule is CC(C)NCCCNCc1ccc2cc[nH]c2c1. The van der Waals surface area contributed by atoms with Crippen LogP contribution in [0.5, 0.6) is 0 Å². The van der Waals surface area contributed by atoms with Crippen LogP contribution < -0.4 is 10.6 Å². The Morgan fingerprint density at radius 3 is 2.89 bits per heavy atom. The maximum absolute atomic E-state index is 3.48. The number of benzene rings is 1. The Morgan fingerprint density at radius 2 is 2.06 bits per heavy atom. The number of hydrogen-bond donors (Lipinski definition) is 3. The zero-order chi connectivity index (χ0) is 12.8. The number of nitrogens with one attached hydrogen (secondary N) is 3. The van der Waals surface area contributed by atoms with Gasteiger partial charge in [0.1, 0.15) is 0 Å². The van der Waals surface area contributed by atoms with Gasteiger partial charge in [0.15, 0.2) is 0 Å². The average Bonchev–Trinajstić information content (AvgIpc) is 2.80. The largest absolute Gasteiger partial charge is 0.361 e. The van der Waals surface area contributed by atoms with Gasteiger partial charge in [-0.25, -0.2) is 0 Å². The molecular formula is C15H23N3. The van der Waals surface area contributed by atoms with Crippen molar-refractivity contribution >= 4 is 10.9 Å². The number of H-pyrrole nitrogens is 1. The van der Waals surface area contributed by atoms with E-state index in [0.29, 0.717) is 6.04 Å². The number of fused-ring (bicyclic) bond motifs is 1. The summed E-state index contributed by atoms with van der Waals surface area (Å²) in [7, 11) is 0.